The molecule has 1 atom stereocenters. The second-order valence-corrected chi connectivity index (χ2v) is 6.42. The van der Waals surface area contributed by atoms with Crippen LogP contribution in [-0.2, 0) is 4.79 Å². The standard InChI is InChI=1S/C14H28N2O/c1-11(10-15-5)13(17)16-8-6-12(7-9-16)14(2,3)4/h11-12,15H,6-10H2,1-5H3. The summed E-state index contributed by atoms with van der Waals surface area (Å²) in [6, 6.07) is 0. The van der Waals surface area contributed by atoms with Crippen LogP contribution in [0.5, 0.6) is 0 Å². The Bertz CT molecular complexity index is 249. The lowest BCUT2D eigenvalue weighted by Gasteiger charge is -2.39. The summed E-state index contributed by atoms with van der Waals surface area (Å²) in [7, 11) is 1.90. The molecule has 1 aliphatic rings. The van der Waals surface area contributed by atoms with Gasteiger partial charge in [0.05, 0.1) is 0 Å². The maximum absolute atomic E-state index is 12.1. The normalized spacial score (nSPS) is 20.4. The number of piperidine rings is 1. The first-order chi connectivity index (χ1) is 7.86. The Morgan fingerprint density at radius 3 is 2.29 bits per heavy atom. The molecule has 1 amide bonds. The average molecular weight is 240 g/mol. The molecule has 0 aliphatic carbocycles. The largest absolute Gasteiger partial charge is 0.342 e. The number of carbonyl (C=O) groups is 1. The van der Waals surface area contributed by atoms with Crippen molar-refractivity contribution in [3.8, 4) is 0 Å². The molecule has 100 valence electrons. The molecular formula is C14H28N2O. The number of carbonyl (C=O) groups excluding carboxylic acids is 1. The van der Waals surface area contributed by atoms with Gasteiger partial charge in [0.1, 0.15) is 0 Å². The van der Waals surface area contributed by atoms with Crippen LogP contribution in [-0.4, -0.2) is 37.5 Å². The summed E-state index contributed by atoms with van der Waals surface area (Å²) in [6.07, 6.45) is 2.31. The van der Waals surface area contributed by atoms with Crippen molar-refractivity contribution < 1.29 is 4.79 Å². The molecule has 0 aromatic heterocycles. The minimum Gasteiger partial charge on any atom is -0.342 e. The monoisotopic (exact) mass is 240 g/mol. The number of likely N-dealkylation sites (tertiary alicyclic amines) is 1. The molecule has 1 unspecified atom stereocenters. The van der Waals surface area contributed by atoms with Crippen LogP contribution in [0.1, 0.15) is 40.5 Å². The van der Waals surface area contributed by atoms with Crippen molar-refractivity contribution in [1.82, 2.24) is 10.2 Å². The van der Waals surface area contributed by atoms with Crippen LogP contribution in [0.2, 0.25) is 0 Å². The Kier molecular flexibility index (Phi) is 4.99. The van der Waals surface area contributed by atoms with Gasteiger partial charge in [-0.15, -0.1) is 0 Å². The first kappa shape index (κ1) is 14.5. The summed E-state index contributed by atoms with van der Waals surface area (Å²) < 4.78 is 0. The highest BCUT2D eigenvalue weighted by Crippen LogP contribution is 2.34. The highest BCUT2D eigenvalue weighted by Gasteiger charge is 2.31. The quantitative estimate of drug-likeness (QED) is 0.819. The van der Waals surface area contributed by atoms with E-state index in [-0.39, 0.29) is 5.92 Å². The van der Waals surface area contributed by atoms with E-state index in [0.717, 1.165) is 38.4 Å². The van der Waals surface area contributed by atoms with E-state index in [0.29, 0.717) is 11.3 Å². The number of amides is 1. The van der Waals surface area contributed by atoms with Crippen molar-refractivity contribution in [2.75, 3.05) is 26.7 Å². The lowest BCUT2D eigenvalue weighted by Crippen LogP contribution is -2.45. The van der Waals surface area contributed by atoms with Crippen molar-refractivity contribution in [3.05, 3.63) is 0 Å². The van der Waals surface area contributed by atoms with Gasteiger partial charge in [-0.2, -0.15) is 0 Å². The average Bonchev–Trinajstić information content (AvgIpc) is 2.27. The highest BCUT2D eigenvalue weighted by atomic mass is 16.2. The number of hydrogen-bond donors (Lipinski definition) is 1. The first-order valence-electron chi connectivity index (χ1n) is 6.79. The zero-order valence-corrected chi connectivity index (χ0v) is 12.0. The van der Waals surface area contributed by atoms with Gasteiger partial charge < -0.3 is 10.2 Å². The smallest absolute Gasteiger partial charge is 0.226 e. The van der Waals surface area contributed by atoms with Crippen LogP contribution in [0.25, 0.3) is 0 Å². The topological polar surface area (TPSA) is 32.3 Å². The Labute approximate surface area is 106 Å². The minimum absolute atomic E-state index is 0.103. The second-order valence-electron chi connectivity index (χ2n) is 6.42. The van der Waals surface area contributed by atoms with Crippen LogP contribution in [0.3, 0.4) is 0 Å². The fraction of sp³-hybridized carbons (Fsp3) is 0.929. The lowest BCUT2D eigenvalue weighted by atomic mass is 9.75. The molecule has 3 nitrogen and oxygen atoms in total. The van der Waals surface area contributed by atoms with Crippen molar-refractivity contribution in [1.29, 1.82) is 0 Å². The molecule has 0 bridgehead atoms. The zero-order chi connectivity index (χ0) is 13.1. The third-order valence-corrected chi connectivity index (χ3v) is 3.96. The molecule has 3 heteroatoms. The molecule has 0 saturated carbocycles. The summed E-state index contributed by atoms with van der Waals surface area (Å²) in [5.74, 6) is 1.17. The summed E-state index contributed by atoms with van der Waals surface area (Å²) in [6.45, 7) is 11.6. The molecule has 0 aromatic rings. The summed E-state index contributed by atoms with van der Waals surface area (Å²) in [5, 5.41) is 3.07. The second kappa shape index (κ2) is 5.85. The molecule has 1 saturated heterocycles. The van der Waals surface area contributed by atoms with E-state index in [1.54, 1.807) is 0 Å². The maximum atomic E-state index is 12.1. The number of hydrogen-bond acceptors (Lipinski definition) is 2. The van der Waals surface area contributed by atoms with E-state index < -0.39 is 0 Å². The number of rotatable bonds is 3. The molecule has 1 N–H and O–H groups in total. The van der Waals surface area contributed by atoms with Crippen molar-refractivity contribution in [2.45, 2.75) is 40.5 Å². The molecule has 17 heavy (non-hydrogen) atoms. The summed E-state index contributed by atoms with van der Waals surface area (Å²) in [4.78, 5) is 14.2. The molecular weight excluding hydrogens is 212 g/mol. The highest BCUT2D eigenvalue weighted by molar-refractivity contribution is 5.78. The Morgan fingerprint density at radius 1 is 1.35 bits per heavy atom. The predicted molar refractivity (Wildman–Crippen MR) is 71.8 cm³/mol. The zero-order valence-electron chi connectivity index (χ0n) is 12.0. The lowest BCUT2D eigenvalue weighted by molar-refractivity contribution is -0.136. The van der Waals surface area contributed by atoms with E-state index in [1.165, 1.54) is 0 Å². The summed E-state index contributed by atoms with van der Waals surface area (Å²) in [5.41, 5.74) is 0.381. The summed E-state index contributed by atoms with van der Waals surface area (Å²) >= 11 is 0. The van der Waals surface area contributed by atoms with E-state index in [9.17, 15) is 4.79 Å². The van der Waals surface area contributed by atoms with Gasteiger partial charge in [0, 0.05) is 25.6 Å². The van der Waals surface area contributed by atoms with E-state index in [2.05, 4.69) is 26.1 Å². The molecule has 0 radical (unpaired) electrons. The van der Waals surface area contributed by atoms with Gasteiger partial charge in [0.15, 0.2) is 0 Å². The van der Waals surface area contributed by atoms with E-state index in [4.69, 9.17) is 0 Å². The fourth-order valence-corrected chi connectivity index (χ4v) is 2.67. The van der Waals surface area contributed by atoms with Crippen LogP contribution in [0.4, 0.5) is 0 Å². The van der Waals surface area contributed by atoms with Gasteiger partial charge in [-0.1, -0.05) is 27.7 Å². The van der Waals surface area contributed by atoms with Crippen molar-refractivity contribution in [3.63, 3.8) is 0 Å². The van der Waals surface area contributed by atoms with Gasteiger partial charge in [0.2, 0.25) is 5.91 Å². The SMILES string of the molecule is CNCC(C)C(=O)N1CCC(C(C)(C)C)CC1. The number of nitrogens with one attached hydrogen (secondary N) is 1. The Morgan fingerprint density at radius 2 is 1.88 bits per heavy atom. The van der Waals surface area contributed by atoms with E-state index in [1.807, 2.05) is 18.9 Å². The van der Waals surface area contributed by atoms with Gasteiger partial charge in [-0.05, 0) is 31.2 Å². The van der Waals surface area contributed by atoms with Gasteiger partial charge in [0.25, 0.3) is 0 Å². The maximum Gasteiger partial charge on any atom is 0.226 e. The van der Waals surface area contributed by atoms with Crippen LogP contribution < -0.4 is 5.32 Å². The third kappa shape index (κ3) is 3.98. The van der Waals surface area contributed by atoms with Crippen molar-refractivity contribution >= 4 is 5.91 Å². The molecule has 1 rings (SSSR count). The molecule has 1 aliphatic heterocycles. The van der Waals surface area contributed by atoms with Gasteiger partial charge >= 0.3 is 0 Å². The predicted octanol–water partition coefficient (Wildman–Crippen LogP) is 2.13. The van der Waals surface area contributed by atoms with Crippen LogP contribution in [0.15, 0.2) is 0 Å². The molecule has 1 heterocycles. The van der Waals surface area contributed by atoms with Crippen LogP contribution >= 0.6 is 0 Å². The van der Waals surface area contributed by atoms with Gasteiger partial charge in [-0.25, -0.2) is 0 Å². The van der Waals surface area contributed by atoms with Crippen molar-refractivity contribution in [2.24, 2.45) is 17.3 Å². The third-order valence-electron chi connectivity index (χ3n) is 3.96. The van der Waals surface area contributed by atoms with E-state index >= 15 is 0 Å². The molecule has 1 fully saturated rings. The van der Waals surface area contributed by atoms with Gasteiger partial charge in [-0.3, -0.25) is 4.79 Å². The fourth-order valence-electron chi connectivity index (χ4n) is 2.67. The molecule has 0 aromatic carbocycles. The van der Waals surface area contributed by atoms with Crippen LogP contribution in [0, 0.1) is 17.3 Å². The minimum atomic E-state index is 0.103. The first-order valence-corrected chi connectivity index (χ1v) is 6.79. The Hall–Kier alpha value is -0.570. The molecule has 0 spiro atoms. The number of nitrogens with zero attached hydrogens (tertiary/aromatic N) is 1. The Balaban J connectivity index is 2.44.